The van der Waals surface area contributed by atoms with Gasteiger partial charge in [0.15, 0.2) is 5.16 Å². The fourth-order valence-corrected chi connectivity index (χ4v) is 3.48. The Balaban J connectivity index is 1.93. The van der Waals surface area contributed by atoms with Gasteiger partial charge in [-0.1, -0.05) is 11.8 Å². The molecule has 3 rings (SSSR count). The molecule has 0 spiro atoms. The SMILES string of the molecule is COc1ccc2nc(SC(C)(C)c3ncccc3OC)[nH]c2c1. The number of H-pyrrole nitrogens is 1. The molecule has 1 N–H and O–H groups in total. The van der Waals surface area contributed by atoms with Gasteiger partial charge in [-0.2, -0.15) is 0 Å². The summed E-state index contributed by atoms with van der Waals surface area (Å²) in [6.07, 6.45) is 1.78. The highest BCUT2D eigenvalue weighted by Crippen LogP contribution is 2.42. The van der Waals surface area contributed by atoms with Crippen LogP contribution in [-0.4, -0.2) is 29.2 Å². The van der Waals surface area contributed by atoms with Crippen molar-refractivity contribution in [3.8, 4) is 11.5 Å². The summed E-state index contributed by atoms with van der Waals surface area (Å²) in [6, 6.07) is 9.60. The summed E-state index contributed by atoms with van der Waals surface area (Å²) < 4.78 is 10.4. The van der Waals surface area contributed by atoms with Gasteiger partial charge in [0.2, 0.25) is 0 Å². The molecule has 5 nitrogen and oxygen atoms in total. The second-order valence-electron chi connectivity index (χ2n) is 5.59. The van der Waals surface area contributed by atoms with Crippen molar-refractivity contribution in [1.82, 2.24) is 15.0 Å². The van der Waals surface area contributed by atoms with Crippen LogP contribution in [0.2, 0.25) is 0 Å². The zero-order valence-corrected chi connectivity index (χ0v) is 14.4. The van der Waals surface area contributed by atoms with E-state index in [1.807, 2.05) is 30.3 Å². The fourth-order valence-electron chi connectivity index (χ4n) is 2.44. The second kappa shape index (κ2) is 6.12. The monoisotopic (exact) mass is 329 g/mol. The molecule has 0 saturated heterocycles. The Labute approximate surface area is 139 Å². The van der Waals surface area contributed by atoms with E-state index >= 15 is 0 Å². The van der Waals surface area contributed by atoms with Crippen LogP contribution < -0.4 is 9.47 Å². The zero-order valence-electron chi connectivity index (χ0n) is 13.6. The number of hydrogen-bond donors (Lipinski definition) is 1. The molecule has 2 heterocycles. The van der Waals surface area contributed by atoms with Crippen molar-refractivity contribution >= 4 is 22.8 Å². The van der Waals surface area contributed by atoms with E-state index in [9.17, 15) is 0 Å². The number of hydrogen-bond acceptors (Lipinski definition) is 5. The predicted molar refractivity (Wildman–Crippen MR) is 92.3 cm³/mol. The fraction of sp³-hybridized carbons (Fsp3) is 0.294. The molecule has 1 aromatic carbocycles. The van der Waals surface area contributed by atoms with Gasteiger partial charge < -0.3 is 14.5 Å². The summed E-state index contributed by atoms with van der Waals surface area (Å²) in [5.74, 6) is 1.59. The van der Waals surface area contributed by atoms with Crippen LogP contribution in [0.5, 0.6) is 11.5 Å². The maximum Gasteiger partial charge on any atom is 0.167 e. The molecule has 0 bridgehead atoms. The van der Waals surface area contributed by atoms with E-state index in [0.29, 0.717) is 0 Å². The highest BCUT2D eigenvalue weighted by Gasteiger charge is 2.28. The van der Waals surface area contributed by atoms with Crippen molar-refractivity contribution in [3.63, 3.8) is 0 Å². The van der Waals surface area contributed by atoms with Gasteiger partial charge in [0.05, 0.1) is 35.7 Å². The van der Waals surface area contributed by atoms with Crippen molar-refractivity contribution in [3.05, 3.63) is 42.2 Å². The van der Waals surface area contributed by atoms with Crippen LogP contribution in [-0.2, 0) is 4.75 Å². The van der Waals surface area contributed by atoms with Crippen molar-refractivity contribution < 1.29 is 9.47 Å². The third kappa shape index (κ3) is 3.12. The minimum absolute atomic E-state index is 0.287. The number of nitrogens with one attached hydrogen (secondary N) is 1. The van der Waals surface area contributed by atoms with Crippen LogP contribution in [0.4, 0.5) is 0 Å². The number of aromatic amines is 1. The third-order valence-corrected chi connectivity index (χ3v) is 4.67. The first-order valence-corrected chi connectivity index (χ1v) is 8.07. The van der Waals surface area contributed by atoms with Gasteiger partial charge in [0.1, 0.15) is 11.5 Å². The lowest BCUT2D eigenvalue weighted by atomic mass is 10.1. The van der Waals surface area contributed by atoms with Gasteiger partial charge in [-0.3, -0.25) is 4.98 Å². The number of aromatic nitrogens is 3. The molecular formula is C17H19N3O2S. The normalized spacial score (nSPS) is 11.7. The molecule has 6 heteroatoms. The molecular weight excluding hydrogens is 310 g/mol. The Morgan fingerprint density at radius 3 is 2.70 bits per heavy atom. The van der Waals surface area contributed by atoms with Crippen molar-refractivity contribution in [2.24, 2.45) is 0 Å². The van der Waals surface area contributed by atoms with Crippen molar-refractivity contribution in [1.29, 1.82) is 0 Å². The second-order valence-corrected chi connectivity index (χ2v) is 7.20. The van der Waals surface area contributed by atoms with E-state index in [4.69, 9.17) is 9.47 Å². The Morgan fingerprint density at radius 2 is 1.96 bits per heavy atom. The molecule has 0 aliphatic rings. The third-order valence-electron chi connectivity index (χ3n) is 3.58. The number of imidazole rings is 1. The van der Waals surface area contributed by atoms with Crippen LogP contribution in [0, 0.1) is 0 Å². The minimum Gasteiger partial charge on any atom is -0.497 e. The Morgan fingerprint density at radius 1 is 1.13 bits per heavy atom. The number of pyridine rings is 1. The van der Waals surface area contributed by atoms with E-state index in [2.05, 4.69) is 28.8 Å². The van der Waals surface area contributed by atoms with E-state index in [0.717, 1.165) is 33.4 Å². The molecule has 0 aliphatic heterocycles. The molecule has 23 heavy (non-hydrogen) atoms. The smallest absolute Gasteiger partial charge is 0.167 e. The van der Waals surface area contributed by atoms with Gasteiger partial charge in [0, 0.05) is 12.3 Å². The van der Waals surface area contributed by atoms with Gasteiger partial charge in [-0.25, -0.2) is 4.98 Å². The van der Waals surface area contributed by atoms with E-state index in [1.54, 1.807) is 32.2 Å². The van der Waals surface area contributed by atoms with E-state index < -0.39 is 0 Å². The van der Waals surface area contributed by atoms with Crippen LogP contribution in [0.15, 0.2) is 41.7 Å². The topological polar surface area (TPSA) is 60.0 Å². The molecule has 0 aliphatic carbocycles. The number of nitrogens with zero attached hydrogens (tertiary/aromatic N) is 2. The summed E-state index contributed by atoms with van der Waals surface area (Å²) in [7, 11) is 3.32. The van der Waals surface area contributed by atoms with Crippen molar-refractivity contribution in [2.75, 3.05) is 14.2 Å². The van der Waals surface area contributed by atoms with Gasteiger partial charge >= 0.3 is 0 Å². The number of fused-ring (bicyclic) bond motifs is 1. The lowest BCUT2D eigenvalue weighted by Gasteiger charge is -2.23. The average molecular weight is 329 g/mol. The highest BCUT2D eigenvalue weighted by molar-refractivity contribution is 8.00. The molecule has 0 unspecified atom stereocenters. The lowest BCUT2D eigenvalue weighted by Crippen LogP contribution is -2.15. The van der Waals surface area contributed by atoms with Gasteiger partial charge in [0.25, 0.3) is 0 Å². The van der Waals surface area contributed by atoms with Gasteiger partial charge in [-0.15, -0.1) is 0 Å². The Kier molecular flexibility index (Phi) is 4.17. The van der Waals surface area contributed by atoms with Crippen LogP contribution in [0.3, 0.4) is 0 Å². The summed E-state index contributed by atoms with van der Waals surface area (Å²) in [5.41, 5.74) is 2.76. The first-order chi connectivity index (χ1) is 11.0. The minimum atomic E-state index is -0.287. The maximum absolute atomic E-state index is 5.44. The van der Waals surface area contributed by atoms with Gasteiger partial charge in [-0.05, 0) is 38.1 Å². The summed E-state index contributed by atoms with van der Waals surface area (Å²) in [6.45, 7) is 4.21. The molecule has 0 fully saturated rings. The quantitative estimate of drug-likeness (QED) is 0.717. The molecule has 0 amide bonds. The number of benzene rings is 1. The zero-order chi connectivity index (χ0) is 16.4. The molecule has 3 aromatic rings. The molecule has 0 radical (unpaired) electrons. The first kappa shape index (κ1) is 15.7. The summed E-state index contributed by atoms with van der Waals surface area (Å²) in [5, 5.41) is 0.839. The lowest BCUT2D eigenvalue weighted by molar-refractivity contribution is 0.402. The molecule has 2 aromatic heterocycles. The van der Waals surface area contributed by atoms with E-state index in [1.165, 1.54) is 0 Å². The summed E-state index contributed by atoms with van der Waals surface area (Å²) in [4.78, 5) is 12.5. The average Bonchev–Trinajstić information content (AvgIpc) is 2.95. The molecule has 120 valence electrons. The highest BCUT2D eigenvalue weighted by atomic mass is 32.2. The number of thioether (sulfide) groups is 1. The van der Waals surface area contributed by atoms with Crippen molar-refractivity contribution in [2.45, 2.75) is 23.8 Å². The molecule has 0 saturated carbocycles. The van der Waals surface area contributed by atoms with E-state index in [-0.39, 0.29) is 4.75 Å². The summed E-state index contributed by atoms with van der Waals surface area (Å²) >= 11 is 1.62. The first-order valence-electron chi connectivity index (χ1n) is 7.26. The Bertz CT molecular complexity index is 830. The predicted octanol–water partition coefficient (Wildman–Crippen LogP) is 4.00. The standard InChI is InChI=1S/C17H19N3O2S/c1-17(2,15-14(22-4)6-5-9-18-15)23-16-19-12-8-7-11(21-3)10-13(12)20-16/h5-10H,1-4H3,(H,19,20). The Hall–Kier alpha value is -2.21. The maximum atomic E-state index is 5.44. The number of rotatable bonds is 5. The molecule has 0 atom stereocenters. The van der Waals surface area contributed by atoms with Crippen LogP contribution >= 0.6 is 11.8 Å². The van der Waals surface area contributed by atoms with Crippen LogP contribution in [0.1, 0.15) is 19.5 Å². The largest absolute Gasteiger partial charge is 0.497 e. The van der Waals surface area contributed by atoms with Crippen LogP contribution in [0.25, 0.3) is 11.0 Å². The number of methoxy groups -OCH3 is 2. The number of ether oxygens (including phenoxy) is 2.